The van der Waals surface area contributed by atoms with Gasteiger partial charge in [-0.25, -0.2) is 0 Å². The molecule has 0 heterocycles. The lowest BCUT2D eigenvalue weighted by molar-refractivity contribution is -0.121. The van der Waals surface area contributed by atoms with E-state index < -0.39 is 6.10 Å². The van der Waals surface area contributed by atoms with E-state index in [1.165, 1.54) is 0 Å². The van der Waals surface area contributed by atoms with Crippen molar-refractivity contribution in [2.45, 2.75) is 58.0 Å². The number of ketones is 1. The molecule has 1 aromatic rings. The minimum Gasteiger partial charge on any atom is -0.493 e. The van der Waals surface area contributed by atoms with Crippen LogP contribution in [-0.2, 0) is 11.2 Å². The molecule has 0 aliphatic carbocycles. The number of rotatable bonds is 11. The predicted octanol–water partition coefficient (Wildman–Crippen LogP) is 3.54. The predicted molar refractivity (Wildman–Crippen MR) is 87.6 cm³/mol. The minimum absolute atomic E-state index is 0.160. The van der Waals surface area contributed by atoms with Crippen molar-refractivity contribution in [1.29, 1.82) is 0 Å². The van der Waals surface area contributed by atoms with Crippen molar-refractivity contribution >= 4 is 5.78 Å². The van der Waals surface area contributed by atoms with Crippen molar-refractivity contribution in [3.8, 4) is 11.5 Å². The molecule has 0 aromatic heterocycles. The lowest BCUT2D eigenvalue weighted by Crippen LogP contribution is -2.14. The summed E-state index contributed by atoms with van der Waals surface area (Å²) in [6, 6.07) is 5.72. The van der Waals surface area contributed by atoms with Crippen LogP contribution in [0.2, 0.25) is 0 Å². The van der Waals surface area contributed by atoms with Crippen molar-refractivity contribution in [2.24, 2.45) is 0 Å². The fourth-order valence-corrected chi connectivity index (χ4v) is 2.41. The minimum atomic E-state index is -0.567. The second-order valence-corrected chi connectivity index (χ2v) is 5.58. The SMILES string of the molecule is CCCCCC(=O)C[C@@H](O)CCc1ccc(OC)c(OC)c1. The molecule has 1 atom stereocenters. The van der Waals surface area contributed by atoms with Gasteiger partial charge in [-0.05, 0) is 37.0 Å². The molecule has 124 valence electrons. The Morgan fingerprint density at radius 1 is 1.18 bits per heavy atom. The Hall–Kier alpha value is -1.55. The summed E-state index contributed by atoms with van der Waals surface area (Å²) in [6.45, 7) is 2.11. The van der Waals surface area contributed by atoms with Crippen molar-refractivity contribution in [1.82, 2.24) is 0 Å². The van der Waals surface area contributed by atoms with E-state index in [1.807, 2.05) is 18.2 Å². The smallest absolute Gasteiger partial charge is 0.160 e. The van der Waals surface area contributed by atoms with Crippen molar-refractivity contribution in [3.05, 3.63) is 23.8 Å². The van der Waals surface area contributed by atoms with E-state index in [0.29, 0.717) is 30.8 Å². The zero-order valence-corrected chi connectivity index (χ0v) is 13.9. The summed E-state index contributed by atoms with van der Waals surface area (Å²) in [5.74, 6) is 1.54. The highest BCUT2D eigenvalue weighted by atomic mass is 16.5. The van der Waals surface area contributed by atoms with Crippen LogP contribution in [0.5, 0.6) is 11.5 Å². The molecule has 0 spiro atoms. The number of carbonyl (C=O) groups is 1. The number of methoxy groups -OCH3 is 2. The van der Waals surface area contributed by atoms with Gasteiger partial charge in [0.15, 0.2) is 11.5 Å². The number of ether oxygens (including phenoxy) is 2. The number of aryl methyl sites for hydroxylation is 1. The molecule has 0 fully saturated rings. The third-order valence-electron chi connectivity index (χ3n) is 3.74. The van der Waals surface area contributed by atoms with Gasteiger partial charge in [0.2, 0.25) is 0 Å². The topological polar surface area (TPSA) is 55.8 Å². The van der Waals surface area contributed by atoms with E-state index in [9.17, 15) is 9.90 Å². The first-order valence-corrected chi connectivity index (χ1v) is 8.01. The third-order valence-corrected chi connectivity index (χ3v) is 3.74. The van der Waals surface area contributed by atoms with Gasteiger partial charge in [0, 0.05) is 12.8 Å². The maximum Gasteiger partial charge on any atom is 0.160 e. The molecule has 4 heteroatoms. The first kappa shape index (κ1) is 18.5. The maximum absolute atomic E-state index is 11.7. The monoisotopic (exact) mass is 308 g/mol. The molecule has 1 rings (SSSR count). The van der Waals surface area contributed by atoms with Crippen LogP contribution in [0.1, 0.15) is 51.0 Å². The zero-order valence-electron chi connectivity index (χ0n) is 13.9. The average Bonchev–Trinajstić information content (AvgIpc) is 2.52. The van der Waals surface area contributed by atoms with Crippen LogP contribution >= 0.6 is 0 Å². The Kier molecular flexibility index (Phi) is 8.60. The molecular formula is C18H28O4. The molecule has 0 bridgehead atoms. The van der Waals surface area contributed by atoms with Gasteiger partial charge in [-0.1, -0.05) is 25.8 Å². The van der Waals surface area contributed by atoms with E-state index in [-0.39, 0.29) is 12.2 Å². The van der Waals surface area contributed by atoms with Gasteiger partial charge in [-0.15, -0.1) is 0 Å². The summed E-state index contributed by atoms with van der Waals surface area (Å²) in [5, 5.41) is 9.99. The molecule has 0 aliphatic rings. The van der Waals surface area contributed by atoms with Crippen LogP contribution in [-0.4, -0.2) is 31.2 Å². The highest BCUT2D eigenvalue weighted by molar-refractivity contribution is 5.78. The van der Waals surface area contributed by atoms with E-state index in [4.69, 9.17) is 9.47 Å². The van der Waals surface area contributed by atoms with Gasteiger partial charge in [-0.2, -0.15) is 0 Å². The molecule has 1 aromatic carbocycles. The Labute approximate surface area is 133 Å². The molecule has 0 amide bonds. The van der Waals surface area contributed by atoms with Crippen LogP contribution in [0.4, 0.5) is 0 Å². The summed E-state index contributed by atoms with van der Waals surface area (Å²) in [7, 11) is 3.21. The van der Waals surface area contributed by atoms with E-state index >= 15 is 0 Å². The van der Waals surface area contributed by atoms with Gasteiger partial charge in [0.1, 0.15) is 5.78 Å². The van der Waals surface area contributed by atoms with Gasteiger partial charge < -0.3 is 14.6 Å². The molecular weight excluding hydrogens is 280 g/mol. The van der Waals surface area contributed by atoms with Gasteiger partial charge in [0.05, 0.1) is 20.3 Å². The molecule has 0 saturated heterocycles. The van der Waals surface area contributed by atoms with E-state index in [0.717, 1.165) is 24.8 Å². The van der Waals surface area contributed by atoms with Crippen molar-refractivity contribution < 1.29 is 19.4 Å². The summed E-state index contributed by atoms with van der Waals surface area (Å²) in [4.78, 5) is 11.7. The zero-order chi connectivity index (χ0) is 16.4. The third kappa shape index (κ3) is 6.48. The molecule has 0 radical (unpaired) electrons. The number of aliphatic hydroxyl groups is 1. The van der Waals surface area contributed by atoms with Crippen LogP contribution in [0.25, 0.3) is 0 Å². The highest BCUT2D eigenvalue weighted by Gasteiger charge is 2.12. The number of hydrogen-bond acceptors (Lipinski definition) is 4. The number of benzene rings is 1. The first-order valence-electron chi connectivity index (χ1n) is 8.01. The van der Waals surface area contributed by atoms with Crippen LogP contribution in [0, 0.1) is 0 Å². The summed E-state index contributed by atoms with van der Waals surface area (Å²) >= 11 is 0. The van der Waals surface area contributed by atoms with Gasteiger partial charge >= 0.3 is 0 Å². The molecule has 0 saturated carbocycles. The Morgan fingerprint density at radius 2 is 1.91 bits per heavy atom. The Bertz CT molecular complexity index is 456. The number of hydrogen-bond donors (Lipinski definition) is 1. The fourth-order valence-electron chi connectivity index (χ4n) is 2.41. The lowest BCUT2D eigenvalue weighted by Gasteiger charge is -2.12. The molecule has 22 heavy (non-hydrogen) atoms. The van der Waals surface area contributed by atoms with E-state index in [1.54, 1.807) is 14.2 Å². The number of unbranched alkanes of at least 4 members (excludes halogenated alkanes) is 2. The Balaban J connectivity index is 2.40. The number of aliphatic hydroxyl groups excluding tert-OH is 1. The van der Waals surface area contributed by atoms with Crippen LogP contribution in [0.3, 0.4) is 0 Å². The molecule has 4 nitrogen and oxygen atoms in total. The van der Waals surface area contributed by atoms with E-state index in [2.05, 4.69) is 6.92 Å². The van der Waals surface area contributed by atoms with Gasteiger partial charge in [0.25, 0.3) is 0 Å². The van der Waals surface area contributed by atoms with Crippen LogP contribution in [0.15, 0.2) is 18.2 Å². The first-order chi connectivity index (χ1) is 10.6. The lowest BCUT2D eigenvalue weighted by atomic mass is 10.0. The molecule has 1 N–H and O–H groups in total. The standard InChI is InChI=1S/C18H28O4/c1-4-5-6-7-15(19)13-16(20)10-8-14-9-11-17(21-2)18(12-14)22-3/h9,11-12,16,20H,4-8,10,13H2,1-3H3/t16-/m0/s1. The number of Topliss-reactive ketones (excluding diaryl/α,β-unsaturated/α-hetero) is 1. The quantitative estimate of drug-likeness (QED) is 0.635. The molecule has 0 unspecified atom stereocenters. The Morgan fingerprint density at radius 3 is 2.55 bits per heavy atom. The average molecular weight is 308 g/mol. The highest BCUT2D eigenvalue weighted by Crippen LogP contribution is 2.28. The summed E-state index contributed by atoms with van der Waals surface area (Å²) in [5.41, 5.74) is 1.06. The van der Waals surface area contributed by atoms with Crippen LogP contribution < -0.4 is 9.47 Å². The normalized spacial score (nSPS) is 12.0. The summed E-state index contributed by atoms with van der Waals surface area (Å²) < 4.78 is 10.5. The van der Waals surface area contributed by atoms with Crippen molar-refractivity contribution in [2.75, 3.05) is 14.2 Å². The van der Waals surface area contributed by atoms with Crippen molar-refractivity contribution in [3.63, 3.8) is 0 Å². The molecule has 0 aliphatic heterocycles. The summed E-state index contributed by atoms with van der Waals surface area (Å²) in [6.07, 6.45) is 4.68. The second-order valence-electron chi connectivity index (χ2n) is 5.58. The number of carbonyl (C=O) groups excluding carboxylic acids is 1. The maximum atomic E-state index is 11.7. The van der Waals surface area contributed by atoms with Gasteiger partial charge in [-0.3, -0.25) is 4.79 Å². The fraction of sp³-hybridized carbons (Fsp3) is 0.611. The largest absolute Gasteiger partial charge is 0.493 e. The second kappa shape index (κ2) is 10.2.